The lowest BCUT2D eigenvalue weighted by atomic mass is 10.2. The molecule has 1 aromatic heterocycles. The SMILES string of the molecule is O=C(Cc1nnc(NC(=O)c2ccccc2)s1)NN=Cc1ccc(Cl)cc1. The Hall–Kier alpha value is -3.10. The number of hydrazone groups is 1. The van der Waals surface area contributed by atoms with Gasteiger partial charge in [-0.25, -0.2) is 5.43 Å². The molecule has 2 amide bonds. The molecule has 2 N–H and O–H groups in total. The summed E-state index contributed by atoms with van der Waals surface area (Å²) in [6, 6.07) is 15.8. The van der Waals surface area contributed by atoms with Crippen LogP contribution in [0.5, 0.6) is 0 Å². The summed E-state index contributed by atoms with van der Waals surface area (Å²) >= 11 is 6.94. The number of hydrogen-bond acceptors (Lipinski definition) is 6. The summed E-state index contributed by atoms with van der Waals surface area (Å²) in [5.74, 6) is -0.618. The van der Waals surface area contributed by atoms with Gasteiger partial charge in [0.2, 0.25) is 11.0 Å². The average molecular weight is 400 g/mol. The van der Waals surface area contributed by atoms with Gasteiger partial charge in [0, 0.05) is 10.6 Å². The zero-order valence-corrected chi connectivity index (χ0v) is 15.5. The Bertz CT molecular complexity index is 957. The molecule has 0 atom stereocenters. The zero-order chi connectivity index (χ0) is 19.1. The van der Waals surface area contributed by atoms with Crippen molar-refractivity contribution in [1.29, 1.82) is 0 Å². The zero-order valence-electron chi connectivity index (χ0n) is 13.9. The third kappa shape index (κ3) is 5.70. The fourth-order valence-corrected chi connectivity index (χ4v) is 2.90. The molecule has 0 aliphatic rings. The molecule has 0 spiro atoms. The number of halogens is 1. The van der Waals surface area contributed by atoms with Gasteiger partial charge in [-0.05, 0) is 29.8 Å². The Morgan fingerprint density at radius 1 is 1.07 bits per heavy atom. The number of rotatable bonds is 6. The fraction of sp³-hybridized carbons (Fsp3) is 0.0556. The van der Waals surface area contributed by atoms with E-state index in [4.69, 9.17) is 11.6 Å². The molecule has 0 aliphatic carbocycles. The number of aromatic nitrogens is 2. The van der Waals surface area contributed by atoms with Gasteiger partial charge in [0.25, 0.3) is 5.91 Å². The van der Waals surface area contributed by atoms with Crippen LogP contribution >= 0.6 is 22.9 Å². The first-order valence-electron chi connectivity index (χ1n) is 7.86. The van der Waals surface area contributed by atoms with Crippen LogP contribution in [0, 0.1) is 0 Å². The normalized spacial score (nSPS) is 10.7. The molecule has 0 aliphatic heterocycles. The molecule has 0 saturated heterocycles. The number of nitrogens with zero attached hydrogens (tertiary/aromatic N) is 3. The average Bonchev–Trinajstić information content (AvgIpc) is 3.10. The summed E-state index contributed by atoms with van der Waals surface area (Å²) in [6.45, 7) is 0. The van der Waals surface area contributed by atoms with Crippen LogP contribution in [0.2, 0.25) is 5.02 Å². The monoisotopic (exact) mass is 399 g/mol. The molecule has 7 nitrogen and oxygen atoms in total. The number of amides is 2. The highest BCUT2D eigenvalue weighted by molar-refractivity contribution is 7.15. The maximum Gasteiger partial charge on any atom is 0.257 e. The van der Waals surface area contributed by atoms with E-state index in [0.717, 1.165) is 16.9 Å². The predicted octanol–water partition coefficient (Wildman–Crippen LogP) is 3.14. The van der Waals surface area contributed by atoms with Crippen LogP contribution in [0.1, 0.15) is 20.9 Å². The molecule has 3 aromatic rings. The number of hydrogen-bond donors (Lipinski definition) is 2. The minimum Gasteiger partial charge on any atom is -0.296 e. The lowest BCUT2D eigenvalue weighted by Gasteiger charge is -1.99. The van der Waals surface area contributed by atoms with Gasteiger partial charge in [-0.15, -0.1) is 10.2 Å². The first-order valence-corrected chi connectivity index (χ1v) is 9.06. The lowest BCUT2D eigenvalue weighted by molar-refractivity contribution is -0.120. The number of benzene rings is 2. The van der Waals surface area contributed by atoms with Crippen molar-refractivity contribution in [1.82, 2.24) is 15.6 Å². The first-order chi connectivity index (χ1) is 13.1. The van der Waals surface area contributed by atoms with Crippen LogP contribution in [0.15, 0.2) is 59.7 Å². The molecular formula is C18H14ClN5O2S. The number of nitrogens with one attached hydrogen (secondary N) is 2. The van der Waals surface area contributed by atoms with Gasteiger partial charge in [0.15, 0.2) is 0 Å². The van der Waals surface area contributed by atoms with Gasteiger partial charge in [0.05, 0.1) is 12.6 Å². The van der Waals surface area contributed by atoms with Crippen LogP contribution in [0.3, 0.4) is 0 Å². The van der Waals surface area contributed by atoms with E-state index in [1.165, 1.54) is 6.21 Å². The Kier molecular flexibility index (Phi) is 6.24. The highest BCUT2D eigenvalue weighted by atomic mass is 35.5. The van der Waals surface area contributed by atoms with Crippen molar-refractivity contribution in [3.8, 4) is 0 Å². The van der Waals surface area contributed by atoms with E-state index in [1.807, 2.05) is 6.07 Å². The maximum atomic E-state index is 12.1. The second kappa shape index (κ2) is 9.02. The van der Waals surface area contributed by atoms with Crippen molar-refractivity contribution in [3.63, 3.8) is 0 Å². The van der Waals surface area contributed by atoms with E-state index in [9.17, 15) is 9.59 Å². The molecule has 1 heterocycles. The van der Waals surface area contributed by atoms with Crippen LogP contribution in [-0.2, 0) is 11.2 Å². The Labute approximate surface area is 164 Å². The third-order valence-corrected chi connectivity index (χ3v) is 4.40. The van der Waals surface area contributed by atoms with E-state index < -0.39 is 0 Å². The smallest absolute Gasteiger partial charge is 0.257 e. The molecule has 136 valence electrons. The van der Waals surface area contributed by atoms with Gasteiger partial charge in [-0.1, -0.05) is 53.3 Å². The Morgan fingerprint density at radius 2 is 1.81 bits per heavy atom. The van der Waals surface area contributed by atoms with E-state index in [-0.39, 0.29) is 18.2 Å². The van der Waals surface area contributed by atoms with Crippen molar-refractivity contribution < 1.29 is 9.59 Å². The summed E-state index contributed by atoms with van der Waals surface area (Å²) in [6.07, 6.45) is 1.52. The van der Waals surface area contributed by atoms with Crippen molar-refractivity contribution in [2.45, 2.75) is 6.42 Å². The van der Waals surface area contributed by atoms with Crippen LogP contribution in [0.4, 0.5) is 5.13 Å². The fourth-order valence-electron chi connectivity index (χ4n) is 2.04. The highest BCUT2D eigenvalue weighted by Gasteiger charge is 2.12. The number of anilines is 1. The summed E-state index contributed by atoms with van der Waals surface area (Å²) in [4.78, 5) is 24.0. The quantitative estimate of drug-likeness (QED) is 0.491. The molecule has 0 fully saturated rings. The first kappa shape index (κ1) is 18.7. The van der Waals surface area contributed by atoms with Crippen LogP contribution < -0.4 is 10.7 Å². The highest BCUT2D eigenvalue weighted by Crippen LogP contribution is 2.16. The Balaban J connectivity index is 1.50. The van der Waals surface area contributed by atoms with E-state index >= 15 is 0 Å². The van der Waals surface area contributed by atoms with Gasteiger partial charge in [0.1, 0.15) is 5.01 Å². The van der Waals surface area contributed by atoms with Gasteiger partial charge < -0.3 is 0 Å². The molecule has 27 heavy (non-hydrogen) atoms. The second-order valence-corrected chi connectivity index (χ2v) is 6.84. The van der Waals surface area contributed by atoms with Crippen molar-refractivity contribution in [2.24, 2.45) is 5.10 Å². The van der Waals surface area contributed by atoms with Crippen LogP contribution in [-0.4, -0.2) is 28.2 Å². The van der Waals surface area contributed by atoms with E-state index in [2.05, 4.69) is 26.0 Å². The van der Waals surface area contributed by atoms with Gasteiger partial charge in [-0.2, -0.15) is 5.10 Å². The topological polar surface area (TPSA) is 96.3 Å². The molecule has 2 aromatic carbocycles. The van der Waals surface area contributed by atoms with Crippen molar-refractivity contribution in [3.05, 3.63) is 75.8 Å². The molecule has 9 heteroatoms. The summed E-state index contributed by atoms with van der Waals surface area (Å²) in [7, 11) is 0. The molecule has 0 saturated carbocycles. The minimum atomic E-state index is -0.336. The van der Waals surface area contributed by atoms with Crippen molar-refractivity contribution in [2.75, 3.05) is 5.32 Å². The van der Waals surface area contributed by atoms with E-state index in [1.54, 1.807) is 48.5 Å². The van der Waals surface area contributed by atoms with Gasteiger partial charge in [-0.3, -0.25) is 14.9 Å². The molecule has 0 unspecified atom stereocenters. The third-order valence-electron chi connectivity index (χ3n) is 3.31. The lowest BCUT2D eigenvalue weighted by Crippen LogP contribution is -2.19. The van der Waals surface area contributed by atoms with E-state index in [0.29, 0.717) is 20.7 Å². The molecule has 0 bridgehead atoms. The summed E-state index contributed by atoms with van der Waals surface area (Å²) in [5, 5.41) is 15.7. The standard InChI is InChI=1S/C18H14ClN5O2S/c19-14-8-6-12(7-9-14)11-20-22-15(25)10-16-23-24-18(27-16)21-17(26)13-4-2-1-3-5-13/h1-9,11H,10H2,(H,22,25)(H,21,24,26). The molecular weight excluding hydrogens is 386 g/mol. The predicted molar refractivity (Wildman–Crippen MR) is 105 cm³/mol. The number of carbonyl (C=O) groups is 2. The summed E-state index contributed by atoms with van der Waals surface area (Å²) < 4.78 is 0. The molecule has 3 rings (SSSR count). The van der Waals surface area contributed by atoms with Gasteiger partial charge >= 0.3 is 0 Å². The second-order valence-electron chi connectivity index (χ2n) is 5.34. The minimum absolute atomic E-state index is 0.0107. The maximum absolute atomic E-state index is 12.1. The number of carbonyl (C=O) groups excluding carboxylic acids is 2. The summed E-state index contributed by atoms with van der Waals surface area (Å²) in [5.41, 5.74) is 3.74. The van der Waals surface area contributed by atoms with Crippen molar-refractivity contribution >= 4 is 46.1 Å². The van der Waals surface area contributed by atoms with Crippen LogP contribution in [0.25, 0.3) is 0 Å². The Morgan fingerprint density at radius 3 is 2.56 bits per heavy atom. The largest absolute Gasteiger partial charge is 0.296 e. The molecule has 0 radical (unpaired) electrons.